The van der Waals surface area contributed by atoms with Crippen molar-refractivity contribution in [1.29, 1.82) is 0 Å². The van der Waals surface area contributed by atoms with Crippen LogP contribution in [0, 0.1) is 6.92 Å². The highest BCUT2D eigenvalue weighted by Gasteiger charge is 2.42. The number of fused-ring (bicyclic) bond motifs is 1. The number of hydrogen-bond acceptors (Lipinski definition) is 4. The molecule has 2 aliphatic carbocycles. The number of nitrogens with two attached hydrogens (primary N) is 1. The molecule has 4 rings (SSSR count). The van der Waals surface area contributed by atoms with E-state index < -0.39 is 5.54 Å². The number of benzene rings is 1. The van der Waals surface area contributed by atoms with Crippen molar-refractivity contribution in [2.45, 2.75) is 44.1 Å². The largest absolute Gasteiger partial charge is 0.339 e. The molecule has 1 fully saturated rings. The lowest BCUT2D eigenvalue weighted by Gasteiger charge is -2.21. The summed E-state index contributed by atoms with van der Waals surface area (Å²) < 4.78 is 5.37. The Morgan fingerprint density at radius 1 is 1.37 bits per heavy atom. The van der Waals surface area contributed by atoms with E-state index in [1.807, 2.05) is 0 Å². The molecule has 4 heteroatoms. The van der Waals surface area contributed by atoms with Gasteiger partial charge in [-0.1, -0.05) is 28.9 Å². The Balaban J connectivity index is 1.79. The highest BCUT2D eigenvalue weighted by Crippen LogP contribution is 2.42. The van der Waals surface area contributed by atoms with Crippen LogP contribution in [0.15, 0.2) is 22.7 Å². The normalized spacial score (nSPS) is 25.6. The van der Waals surface area contributed by atoms with Crippen LogP contribution in [0.5, 0.6) is 0 Å². The summed E-state index contributed by atoms with van der Waals surface area (Å²) in [6.45, 7) is 2.09. The van der Waals surface area contributed by atoms with Gasteiger partial charge in [0.15, 0.2) is 5.82 Å². The van der Waals surface area contributed by atoms with E-state index in [1.165, 1.54) is 11.1 Å². The first-order valence-electron chi connectivity index (χ1n) is 6.90. The minimum Gasteiger partial charge on any atom is -0.339 e. The number of aromatic nitrogens is 2. The van der Waals surface area contributed by atoms with Gasteiger partial charge in [-0.2, -0.15) is 4.98 Å². The molecule has 0 radical (unpaired) electrons. The van der Waals surface area contributed by atoms with Gasteiger partial charge >= 0.3 is 0 Å². The van der Waals surface area contributed by atoms with Crippen LogP contribution in [0.4, 0.5) is 0 Å². The standard InChI is InChI=1S/C15H17N3O/c1-9-2-3-10-6-7-15(16,12(10)8-9)14-17-13(19-18-14)11-4-5-11/h2-3,8,11H,4-7,16H2,1H3. The van der Waals surface area contributed by atoms with Gasteiger partial charge in [0.1, 0.15) is 5.54 Å². The molecule has 4 nitrogen and oxygen atoms in total. The Bertz CT molecular complexity index is 645. The fourth-order valence-corrected chi connectivity index (χ4v) is 2.93. The van der Waals surface area contributed by atoms with Crippen molar-refractivity contribution in [1.82, 2.24) is 10.1 Å². The van der Waals surface area contributed by atoms with E-state index in [0.29, 0.717) is 11.7 Å². The molecular formula is C15H17N3O. The van der Waals surface area contributed by atoms with E-state index >= 15 is 0 Å². The molecule has 1 heterocycles. The van der Waals surface area contributed by atoms with Gasteiger partial charge in [0, 0.05) is 5.92 Å². The van der Waals surface area contributed by atoms with Gasteiger partial charge < -0.3 is 10.3 Å². The molecule has 0 aliphatic heterocycles. The second kappa shape index (κ2) is 3.67. The predicted octanol–water partition coefficient (Wildman–Crippen LogP) is 2.40. The molecule has 0 amide bonds. The topological polar surface area (TPSA) is 64.9 Å². The summed E-state index contributed by atoms with van der Waals surface area (Å²) in [5.74, 6) is 1.89. The molecule has 2 N–H and O–H groups in total. The quantitative estimate of drug-likeness (QED) is 0.895. The Morgan fingerprint density at radius 3 is 3.00 bits per heavy atom. The zero-order chi connectivity index (χ0) is 13.0. The van der Waals surface area contributed by atoms with E-state index in [1.54, 1.807) is 0 Å². The summed E-state index contributed by atoms with van der Waals surface area (Å²) in [5, 5.41) is 4.15. The zero-order valence-corrected chi connectivity index (χ0v) is 11.0. The first-order valence-corrected chi connectivity index (χ1v) is 6.90. The number of hydrogen-bond donors (Lipinski definition) is 1. The molecule has 0 spiro atoms. The minimum absolute atomic E-state index is 0.475. The fraction of sp³-hybridized carbons (Fsp3) is 0.467. The Labute approximate surface area is 112 Å². The summed E-state index contributed by atoms with van der Waals surface area (Å²) >= 11 is 0. The molecule has 1 aromatic heterocycles. The first-order chi connectivity index (χ1) is 9.17. The van der Waals surface area contributed by atoms with Crippen LogP contribution in [0.1, 0.15) is 53.6 Å². The van der Waals surface area contributed by atoms with Crippen LogP contribution < -0.4 is 5.73 Å². The van der Waals surface area contributed by atoms with Crippen molar-refractivity contribution in [3.63, 3.8) is 0 Å². The van der Waals surface area contributed by atoms with E-state index in [0.717, 1.165) is 37.1 Å². The number of aryl methyl sites for hydroxylation is 2. The Kier molecular flexibility index (Phi) is 2.16. The third-order valence-corrected chi connectivity index (χ3v) is 4.30. The van der Waals surface area contributed by atoms with Crippen LogP contribution in [0.25, 0.3) is 0 Å². The molecule has 0 bridgehead atoms. The first kappa shape index (κ1) is 11.2. The summed E-state index contributed by atoms with van der Waals surface area (Å²) in [7, 11) is 0. The van der Waals surface area contributed by atoms with Crippen LogP contribution in [-0.2, 0) is 12.0 Å². The van der Waals surface area contributed by atoms with E-state index in [4.69, 9.17) is 10.3 Å². The molecule has 98 valence electrons. The summed E-state index contributed by atoms with van der Waals surface area (Å²) in [6.07, 6.45) is 4.17. The molecule has 2 aliphatic rings. The smallest absolute Gasteiger partial charge is 0.229 e. The molecule has 1 aromatic carbocycles. The minimum atomic E-state index is -0.571. The molecule has 19 heavy (non-hydrogen) atoms. The summed E-state index contributed by atoms with van der Waals surface area (Å²) in [6, 6.07) is 6.47. The zero-order valence-electron chi connectivity index (χ0n) is 11.0. The van der Waals surface area contributed by atoms with Crippen molar-refractivity contribution in [2.75, 3.05) is 0 Å². The van der Waals surface area contributed by atoms with Gasteiger partial charge in [0.25, 0.3) is 0 Å². The molecule has 2 aromatic rings. The third kappa shape index (κ3) is 1.63. The lowest BCUT2D eigenvalue weighted by molar-refractivity contribution is 0.361. The summed E-state index contributed by atoms with van der Waals surface area (Å²) in [5.41, 5.74) is 9.74. The highest BCUT2D eigenvalue weighted by molar-refractivity contribution is 5.44. The maximum Gasteiger partial charge on any atom is 0.229 e. The second-order valence-corrected chi connectivity index (χ2v) is 5.86. The highest BCUT2D eigenvalue weighted by atomic mass is 16.5. The van der Waals surface area contributed by atoms with Gasteiger partial charge in [0.2, 0.25) is 5.89 Å². The molecule has 1 saturated carbocycles. The van der Waals surface area contributed by atoms with Gasteiger partial charge in [-0.25, -0.2) is 0 Å². The van der Waals surface area contributed by atoms with Gasteiger partial charge in [-0.15, -0.1) is 0 Å². The van der Waals surface area contributed by atoms with Gasteiger partial charge in [-0.05, 0) is 43.7 Å². The number of nitrogens with zero attached hydrogens (tertiary/aromatic N) is 2. The van der Waals surface area contributed by atoms with Crippen molar-refractivity contribution in [3.8, 4) is 0 Å². The Morgan fingerprint density at radius 2 is 2.21 bits per heavy atom. The van der Waals surface area contributed by atoms with Crippen LogP contribution in [-0.4, -0.2) is 10.1 Å². The molecule has 1 unspecified atom stereocenters. The average molecular weight is 255 g/mol. The third-order valence-electron chi connectivity index (χ3n) is 4.30. The van der Waals surface area contributed by atoms with Crippen LogP contribution >= 0.6 is 0 Å². The van der Waals surface area contributed by atoms with Crippen molar-refractivity contribution in [3.05, 3.63) is 46.6 Å². The maximum absolute atomic E-state index is 6.61. The maximum atomic E-state index is 6.61. The lowest BCUT2D eigenvalue weighted by atomic mass is 9.91. The predicted molar refractivity (Wildman–Crippen MR) is 70.7 cm³/mol. The van der Waals surface area contributed by atoms with Gasteiger partial charge in [-0.3, -0.25) is 0 Å². The van der Waals surface area contributed by atoms with E-state index in [2.05, 4.69) is 35.3 Å². The molecule has 0 saturated heterocycles. The second-order valence-electron chi connectivity index (χ2n) is 5.86. The van der Waals surface area contributed by atoms with Crippen molar-refractivity contribution in [2.24, 2.45) is 5.73 Å². The fourth-order valence-electron chi connectivity index (χ4n) is 2.93. The van der Waals surface area contributed by atoms with E-state index in [-0.39, 0.29) is 0 Å². The van der Waals surface area contributed by atoms with Gasteiger partial charge in [0.05, 0.1) is 0 Å². The van der Waals surface area contributed by atoms with Crippen LogP contribution in [0.2, 0.25) is 0 Å². The summed E-state index contributed by atoms with van der Waals surface area (Å²) in [4.78, 5) is 4.55. The van der Waals surface area contributed by atoms with Crippen LogP contribution in [0.3, 0.4) is 0 Å². The average Bonchev–Trinajstić information content (AvgIpc) is 3.04. The lowest BCUT2D eigenvalue weighted by Crippen LogP contribution is -2.36. The monoisotopic (exact) mass is 255 g/mol. The van der Waals surface area contributed by atoms with Crippen molar-refractivity contribution < 1.29 is 4.52 Å². The van der Waals surface area contributed by atoms with Crippen molar-refractivity contribution >= 4 is 0 Å². The van der Waals surface area contributed by atoms with E-state index in [9.17, 15) is 0 Å². The molecule has 1 atom stereocenters. The Hall–Kier alpha value is -1.68. The number of rotatable bonds is 2. The SMILES string of the molecule is Cc1ccc2c(c1)C(N)(c1noc(C3CC3)n1)CC2. The molecular weight excluding hydrogens is 238 g/mol.